The minimum absolute atomic E-state index is 0.384. The number of nitrogens with one attached hydrogen (secondary N) is 2. The molecule has 1 atom stereocenters. The largest absolute Gasteiger partial charge is 0.361 e. The summed E-state index contributed by atoms with van der Waals surface area (Å²) >= 11 is 5.27. The smallest absolute Gasteiger partial charge is 0.166 e. The highest BCUT2D eigenvalue weighted by Crippen LogP contribution is 2.30. The summed E-state index contributed by atoms with van der Waals surface area (Å²) < 4.78 is 0. The van der Waals surface area contributed by atoms with Gasteiger partial charge in [0, 0.05) is 6.04 Å². The zero-order valence-electron chi connectivity index (χ0n) is 9.79. The zero-order chi connectivity index (χ0) is 11.5. The Morgan fingerprint density at radius 3 is 2.88 bits per heavy atom. The zero-order valence-corrected chi connectivity index (χ0v) is 10.6. The molecule has 2 rings (SSSR count). The highest BCUT2D eigenvalue weighted by atomic mass is 32.1. The molecule has 3 heteroatoms. The number of hydrogen-bond acceptors (Lipinski definition) is 1. The van der Waals surface area contributed by atoms with E-state index >= 15 is 0 Å². The van der Waals surface area contributed by atoms with Crippen LogP contribution in [0.5, 0.6) is 0 Å². The maximum atomic E-state index is 5.27. The van der Waals surface area contributed by atoms with Gasteiger partial charge in [0.15, 0.2) is 5.11 Å². The molecule has 2 nitrogen and oxygen atoms in total. The highest BCUT2D eigenvalue weighted by Gasteiger charge is 2.22. The monoisotopic (exact) mass is 234 g/mol. The van der Waals surface area contributed by atoms with Crippen LogP contribution in [0.1, 0.15) is 37.4 Å². The minimum Gasteiger partial charge on any atom is -0.361 e. The Bertz CT molecular complexity index is 387. The van der Waals surface area contributed by atoms with Crippen molar-refractivity contribution in [3.63, 3.8) is 0 Å². The van der Waals surface area contributed by atoms with Crippen LogP contribution < -0.4 is 10.6 Å². The minimum atomic E-state index is 0.384. The Morgan fingerprint density at radius 1 is 1.38 bits per heavy atom. The maximum absolute atomic E-state index is 5.27. The summed E-state index contributed by atoms with van der Waals surface area (Å²) in [6.45, 7) is 4.19. The first-order valence-corrected chi connectivity index (χ1v) is 6.22. The molecule has 86 valence electrons. The fraction of sp³-hybridized carbons (Fsp3) is 0.462. The summed E-state index contributed by atoms with van der Waals surface area (Å²) in [5.41, 5.74) is 2.85. The van der Waals surface area contributed by atoms with E-state index < -0.39 is 0 Å². The molecule has 16 heavy (non-hydrogen) atoms. The van der Waals surface area contributed by atoms with Crippen molar-refractivity contribution in [1.29, 1.82) is 0 Å². The lowest BCUT2D eigenvalue weighted by atomic mass is 10.1. The van der Waals surface area contributed by atoms with Crippen molar-refractivity contribution in [1.82, 2.24) is 10.6 Å². The van der Waals surface area contributed by atoms with Crippen molar-refractivity contribution in [3.8, 4) is 0 Å². The van der Waals surface area contributed by atoms with Gasteiger partial charge in [0.1, 0.15) is 0 Å². The summed E-state index contributed by atoms with van der Waals surface area (Å²) in [6, 6.07) is 9.36. The molecule has 0 saturated carbocycles. The van der Waals surface area contributed by atoms with Crippen molar-refractivity contribution < 1.29 is 0 Å². The summed E-state index contributed by atoms with van der Waals surface area (Å²) in [5, 5.41) is 7.37. The summed E-state index contributed by atoms with van der Waals surface area (Å²) in [5.74, 6) is 0. The summed E-state index contributed by atoms with van der Waals surface area (Å²) in [7, 11) is 0. The van der Waals surface area contributed by atoms with Crippen LogP contribution in [0, 0.1) is 0 Å². The quantitative estimate of drug-likeness (QED) is 0.769. The van der Waals surface area contributed by atoms with E-state index in [0.29, 0.717) is 12.1 Å². The molecule has 0 spiro atoms. The van der Waals surface area contributed by atoms with E-state index in [9.17, 15) is 0 Å². The van der Waals surface area contributed by atoms with Gasteiger partial charge in [0.2, 0.25) is 0 Å². The Labute approximate surface area is 102 Å². The van der Waals surface area contributed by atoms with Crippen LogP contribution in [0.4, 0.5) is 0 Å². The maximum Gasteiger partial charge on any atom is 0.166 e. The molecular weight excluding hydrogens is 216 g/mol. The third-order valence-corrected chi connectivity index (χ3v) is 3.09. The van der Waals surface area contributed by atoms with Crippen LogP contribution in [0.2, 0.25) is 0 Å². The SMILES string of the molecule is CC(C)NC(=S)NC1CCc2ccccc21. The Kier molecular flexibility index (Phi) is 3.44. The first-order valence-electron chi connectivity index (χ1n) is 5.81. The molecule has 1 aliphatic rings. The lowest BCUT2D eigenvalue weighted by Crippen LogP contribution is -2.40. The van der Waals surface area contributed by atoms with Crippen LogP contribution >= 0.6 is 12.2 Å². The third kappa shape index (κ3) is 2.53. The van der Waals surface area contributed by atoms with Gasteiger partial charge >= 0.3 is 0 Å². The number of hydrogen-bond donors (Lipinski definition) is 2. The molecule has 0 aromatic heterocycles. The van der Waals surface area contributed by atoms with E-state index in [2.05, 4.69) is 48.7 Å². The van der Waals surface area contributed by atoms with Crippen LogP contribution in [0.3, 0.4) is 0 Å². The highest BCUT2D eigenvalue weighted by molar-refractivity contribution is 7.80. The molecule has 0 amide bonds. The van der Waals surface area contributed by atoms with Crippen LogP contribution in [-0.4, -0.2) is 11.2 Å². The van der Waals surface area contributed by atoms with Crippen molar-refractivity contribution >= 4 is 17.3 Å². The normalized spacial score (nSPS) is 18.3. The van der Waals surface area contributed by atoms with Gasteiger partial charge in [-0.3, -0.25) is 0 Å². The van der Waals surface area contributed by atoms with E-state index in [1.54, 1.807) is 0 Å². The number of benzene rings is 1. The molecular formula is C13H18N2S. The molecule has 0 saturated heterocycles. The lowest BCUT2D eigenvalue weighted by Gasteiger charge is -2.18. The van der Waals surface area contributed by atoms with Gasteiger partial charge in [-0.25, -0.2) is 0 Å². The molecule has 0 heterocycles. The standard InChI is InChI=1S/C13H18N2S/c1-9(2)14-13(16)15-12-8-7-10-5-3-4-6-11(10)12/h3-6,9,12H,7-8H2,1-2H3,(H2,14,15,16). The lowest BCUT2D eigenvalue weighted by molar-refractivity contribution is 0.616. The van der Waals surface area contributed by atoms with E-state index in [1.165, 1.54) is 11.1 Å². The predicted octanol–water partition coefficient (Wildman–Crippen LogP) is 2.55. The second-order valence-corrected chi connectivity index (χ2v) is 4.97. The summed E-state index contributed by atoms with van der Waals surface area (Å²) in [6.07, 6.45) is 2.29. The van der Waals surface area contributed by atoms with Crippen molar-refractivity contribution in [2.45, 2.75) is 38.8 Å². The average Bonchev–Trinajstić information content (AvgIpc) is 2.61. The number of aryl methyl sites for hydroxylation is 1. The Balaban J connectivity index is 2.00. The van der Waals surface area contributed by atoms with Gasteiger partial charge in [-0.1, -0.05) is 24.3 Å². The number of thiocarbonyl (C=S) groups is 1. The fourth-order valence-corrected chi connectivity index (χ4v) is 2.55. The fourth-order valence-electron chi connectivity index (χ4n) is 2.17. The molecule has 1 aromatic carbocycles. The third-order valence-electron chi connectivity index (χ3n) is 2.86. The van der Waals surface area contributed by atoms with Gasteiger partial charge in [-0.2, -0.15) is 0 Å². The van der Waals surface area contributed by atoms with Gasteiger partial charge in [0.25, 0.3) is 0 Å². The molecule has 1 unspecified atom stereocenters. The topological polar surface area (TPSA) is 24.1 Å². The van der Waals surface area contributed by atoms with Crippen molar-refractivity contribution in [2.24, 2.45) is 0 Å². The van der Waals surface area contributed by atoms with Gasteiger partial charge in [0.05, 0.1) is 6.04 Å². The van der Waals surface area contributed by atoms with E-state index in [1.807, 2.05) is 0 Å². The second-order valence-electron chi connectivity index (χ2n) is 4.56. The molecule has 1 aliphatic carbocycles. The molecule has 2 N–H and O–H groups in total. The van der Waals surface area contributed by atoms with E-state index in [0.717, 1.165) is 18.0 Å². The van der Waals surface area contributed by atoms with E-state index in [-0.39, 0.29) is 0 Å². The van der Waals surface area contributed by atoms with E-state index in [4.69, 9.17) is 12.2 Å². The molecule has 0 radical (unpaired) electrons. The van der Waals surface area contributed by atoms with Gasteiger partial charge < -0.3 is 10.6 Å². The Morgan fingerprint density at radius 2 is 2.12 bits per heavy atom. The first kappa shape index (κ1) is 11.4. The van der Waals surface area contributed by atoms with Gasteiger partial charge in [-0.05, 0) is 50.0 Å². The predicted molar refractivity (Wildman–Crippen MR) is 71.5 cm³/mol. The Hall–Kier alpha value is -1.09. The number of rotatable bonds is 2. The molecule has 1 aromatic rings. The average molecular weight is 234 g/mol. The number of fused-ring (bicyclic) bond motifs is 1. The first-order chi connectivity index (χ1) is 7.66. The molecule has 0 fully saturated rings. The van der Waals surface area contributed by atoms with Crippen LogP contribution in [0.25, 0.3) is 0 Å². The van der Waals surface area contributed by atoms with Crippen LogP contribution in [0.15, 0.2) is 24.3 Å². The molecule has 0 aliphatic heterocycles. The summed E-state index contributed by atoms with van der Waals surface area (Å²) in [4.78, 5) is 0. The van der Waals surface area contributed by atoms with Crippen molar-refractivity contribution in [3.05, 3.63) is 35.4 Å². The molecule has 0 bridgehead atoms. The second kappa shape index (κ2) is 4.83. The van der Waals surface area contributed by atoms with Crippen molar-refractivity contribution in [2.75, 3.05) is 0 Å². The van der Waals surface area contributed by atoms with Crippen LogP contribution in [-0.2, 0) is 6.42 Å². The van der Waals surface area contributed by atoms with Gasteiger partial charge in [-0.15, -0.1) is 0 Å².